The molecule has 5 nitrogen and oxygen atoms in total. The number of nitrogens with one attached hydrogen (secondary N) is 1. The van der Waals surface area contributed by atoms with E-state index in [0.717, 1.165) is 25.7 Å². The van der Waals surface area contributed by atoms with E-state index in [2.05, 4.69) is 17.2 Å². The summed E-state index contributed by atoms with van der Waals surface area (Å²) in [5.41, 5.74) is -0.695. The number of aromatic nitrogens is 1. The predicted octanol–water partition coefficient (Wildman–Crippen LogP) is 2.79. The summed E-state index contributed by atoms with van der Waals surface area (Å²) in [5, 5.41) is 22.6. The van der Waals surface area contributed by atoms with Gasteiger partial charge in [-0.2, -0.15) is 0 Å². The van der Waals surface area contributed by atoms with Crippen molar-refractivity contribution in [3.05, 3.63) is 22.8 Å². The zero-order valence-corrected chi connectivity index (χ0v) is 12.2. The zero-order valence-electron chi connectivity index (χ0n) is 11.4. The average molecular weight is 299 g/mol. The second-order valence-electron chi connectivity index (χ2n) is 5.64. The fourth-order valence-electron chi connectivity index (χ4n) is 2.73. The maximum Gasteiger partial charge on any atom is 0.337 e. The molecule has 2 unspecified atom stereocenters. The molecule has 1 aromatic heterocycles. The minimum Gasteiger partial charge on any atom is -0.478 e. The van der Waals surface area contributed by atoms with Crippen LogP contribution in [0.4, 0.5) is 5.82 Å². The van der Waals surface area contributed by atoms with E-state index in [9.17, 15) is 9.90 Å². The third-order valence-electron chi connectivity index (χ3n) is 3.74. The molecular weight excluding hydrogens is 280 g/mol. The normalized spacial score (nSPS) is 26.2. The third-order valence-corrected chi connectivity index (χ3v) is 4.03. The van der Waals surface area contributed by atoms with Gasteiger partial charge in [-0.3, -0.25) is 0 Å². The molecule has 1 aromatic rings. The first-order valence-corrected chi connectivity index (χ1v) is 7.12. The van der Waals surface area contributed by atoms with Gasteiger partial charge in [-0.25, -0.2) is 9.78 Å². The van der Waals surface area contributed by atoms with Crippen LogP contribution in [0, 0.1) is 5.92 Å². The van der Waals surface area contributed by atoms with E-state index in [-0.39, 0.29) is 10.6 Å². The first-order valence-electron chi connectivity index (χ1n) is 6.75. The highest BCUT2D eigenvalue weighted by Crippen LogP contribution is 2.32. The van der Waals surface area contributed by atoms with Crippen LogP contribution in [0.3, 0.4) is 0 Å². The van der Waals surface area contributed by atoms with Crippen LogP contribution in [0.1, 0.15) is 43.0 Å². The number of aromatic carboxylic acids is 1. The molecule has 20 heavy (non-hydrogen) atoms. The number of carboxylic acid groups (broad SMARTS) is 1. The molecule has 1 fully saturated rings. The van der Waals surface area contributed by atoms with Gasteiger partial charge in [0.15, 0.2) is 0 Å². The van der Waals surface area contributed by atoms with Crippen LogP contribution in [-0.4, -0.2) is 33.3 Å². The molecule has 1 saturated carbocycles. The van der Waals surface area contributed by atoms with Crippen molar-refractivity contribution in [3.8, 4) is 0 Å². The maximum atomic E-state index is 10.8. The molecule has 0 bridgehead atoms. The van der Waals surface area contributed by atoms with Gasteiger partial charge in [-0.15, -0.1) is 0 Å². The van der Waals surface area contributed by atoms with Crippen LogP contribution in [0.5, 0.6) is 0 Å². The van der Waals surface area contributed by atoms with Crippen molar-refractivity contribution in [1.82, 2.24) is 4.98 Å². The summed E-state index contributed by atoms with van der Waals surface area (Å²) >= 11 is 6.00. The minimum atomic E-state index is -1.06. The summed E-state index contributed by atoms with van der Waals surface area (Å²) in [5.74, 6) is -0.151. The number of pyridine rings is 1. The number of hydrogen-bond acceptors (Lipinski definition) is 4. The Labute approximate surface area is 123 Å². The van der Waals surface area contributed by atoms with E-state index in [1.807, 2.05) is 0 Å². The van der Waals surface area contributed by atoms with E-state index in [4.69, 9.17) is 16.7 Å². The molecule has 110 valence electrons. The van der Waals surface area contributed by atoms with E-state index < -0.39 is 11.6 Å². The van der Waals surface area contributed by atoms with Crippen molar-refractivity contribution < 1.29 is 15.0 Å². The molecule has 1 aliphatic rings. The van der Waals surface area contributed by atoms with E-state index in [1.165, 1.54) is 12.3 Å². The summed E-state index contributed by atoms with van der Waals surface area (Å²) in [6.07, 6.45) is 4.93. The lowest BCUT2D eigenvalue weighted by Crippen LogP contribution is -2.41. The SMILES string of the molecule is CC1CCCC(O)(CNc2ncc(C(=O)O)cc2Cl)C1. The molecule has 2 atom stereocenters. The van der Waals surface area contributed by atoms with Crippen LogP contribution in [0.15, 0.2) is 12.3 Å². The van der Waals surface area contributed by atoms with Gasteiger partial charge in [0.2, 0.25) is 0 Å². The lowest BCUT2D eigenvalue weighted by Gasteiger charge is -2.35. The highest BCUT2D eigenvalue weighted by atomic mass is 35.5. The standard InChI is InChI=1S/C14H19ClN2O3/c1-9-3-2-4-14(20,6-9)8-17-12-11(15)5-10(7-16-12)13(18)19/h5,7,9,20H,2-4,6,8H2,1H3,(H,16,17)(H,18,19). The smallest absolute Gasteiger partial charge is 0.337 e. The molecule has 1 heterocycles. The topological polar surface area (TPSA) is 82.5 Å². The van der Waals surface area contributed by atoms with Gasteiger partial charge in [0.05, 0.1) is 16.2 Å². The Balaban J connectivity index is 2.02. The first-order chi connectivity index (χ1) is 9.39. The fourth-order valence-corrected chi connectivity index (χ4v) is 2.96. The van der Waals surface area contributed by atoms with Crippen LogP contribution < -0.4 is 5.32 Å². The van der Waals surface area contributed by atoms with Gasteiger partial charge in [-0.05, 0) is 24.8 Å². The largest absolute Gasteiger partial charge is 0.478 e. The second kappa shape index (κ2) is 5.97. The summed E-state index contributed by atoms with van der Waals surface area (Å²) < 4.78 is 0. The van der Waals surface area contributed by atoms with Gasteiger partial charge >= 0.3 is 5.97 Å². The molecule has 0 saturated heterocycles. The number of hydrogen-bond donors (Lipinski definition) is 3. The van der Waals surface area contributed by atoms with Crippen LogP contribution in [0.25, 0.3) is 0 Å². The molecule has 0 aromatic carbocycles. The summed E-state index contributed by atoms with van der Waals surface area (Å²) in [6, 6.07) is 1.35. The lowest BCUT2D eigenvalue weighted by atomic mass is 9.79. The maximum absolute atomic E-state index is 10.8. The molecular formula is C14H19ClN2O3. The molecule has 0 aliphatic heterocycles. The van der Waals surface area contributed by atoms with Crippen molar-refractivity contribution in [3.63, 3.8) is 0 Å². The van der Waals surface area contributed by atoms with Crippen molar-refractivity contribution in [2.24, 2.45) is 5.92 Å². The quantitative estimate of drug-likeness (QED) is 0.796. The van der Waals surface area contributed by atoms with Crippen LogP contribution in [-0.2, 0) is 0 Å². The number of anilines is 1. The van der Waals surface area contributed by atoms with E-state index >= 15 is 0 Å². The molecule has 0 amide bonds. The second-order valence-corrected chi connectivity index (χ2v) is 6.05. The van der Waals surface area contributed by atoms with Crippen LogP contribution >= 0.6 is 11.6 Å². The predicted molar refractivity (Wildman–Crippen MR) is 77.3 cm³/mol. The Kier molecular flexibility index (Phi) is 4.50. The number of aliphatic hydroxyl groups is 1. The summed E-state index contributed by atoms with van der Waals surface area (Å²) in [7, 11) is 0. The Morgan fingerprint density at radius 1 is 1.65 bits per heavy atom. The summed E-state index contributed by atoms with van der Waals surface area (Å²) in [6.45, 7) is 2.51. The third kappa shape index (κ3) is 3.61. The lowest BCUT2D eigenvalue weighted by molar-refractivity contribution is -0.000834. The van der Waals surface area contributed by atoms with Gasteiger partial charge in [0.1, 0.15) is 5.82 Å². The Hall–Kier alpha value is -1.33. The number of rotatable bonds is 4. The van der Waals surface area contributed by atoms with Gasteiger partial charge in [0, 0.05) is 12.7 Å². The highest BCUT2D eigenvalue weighted by Gasteiger charge is 2.32. The molecule has 6 heteroatoms. The molecule has 1 aliphatic carbocycles. The molecule has 0 spiro atoms. The number of carbonyl (C=O) groups is 1. The van der Waals surface area contributed by atoms with Crippen molar-refractivity contribution >= 4 is 23.4 Å². The van der Waals surface area contributed by atoms with Gasteiger partial charge in [-0.1, -0.05) is 31.4 Å². The van der Waals surface area contributed by atoms with E-state index in [0.29, 0.717) is 18.3 Å². The molecule has 2 rings (SSSR count). The van der Waals surface area contributed by atoms with Crippen LogP contribution in [0.2, 0.25) is 5.02 Å². The molecule has 3 N–H and O–H groups in total. The monoisotopic (exact) mass is 298 g/mol. The average Bonchev–Trinajstić information content (AvgIpc) is 2.36. The zero-order chi connectivity index (χ0) is 14.8. The van der Waals surface area contributed by atoms with E-state index in [1.54, 1.807) is 0 Å². The number of nitrogens with zero attached hydrogens (tertiary/aromatic N) is 1. The first kappa shape index (κ1) is 15.1. The van der Waals surface area contributed by atoms with Gasteiger partial charge in [0.25, 0.3) is 0 Å². The Morgan fingerprint density at radius 2 is 2.40 bits per heavy atom. The number of carboxylic acids is 1. The van der Waals surface area contributed by atoms with Gasteiger partial charge < -0.3 is 15.5 Å². The Morgan fingerprint density at radius 3 is 3.00 bits per heavy atom. The fraction of sp³-hybridized carbons (Fsp3) is 0.571. The Bertz CT molecular complexity index is 509. The van der Waals surface area contributed by atoms with Crippen molar-refractivity contribution in [2.75, 3.05) is 11.9 Å². The highest BCUT2D eigenvalue weighted by molar-refractivity contribution is 6.33. The molecule has 0 radical (unpaired) electrons. The number of halogens is 1. The van der Waals surface area contributed by atoms with Crippen molar-refractivity contribution in [1.29, 1.82) is 0 Å². The minimum absolute atomic E-state index is 0.0468. The van der Waals surface area contributed by atoms with Crippen molar-refractivity contribution in [2.45, 2.75) is 38.2 Å². The summed E-state index contributed by atoms with van der Waals surface area (Å²) in [4.78, 5) is 14.8.